The first-order valence-electron chi connectivity index (χ1n) is 6.07. The summed E-state index contributed by atoms with van der Waals surface area (Å²) in [5, 5.41) is 11.7. The van der Waals surface area contributed by atoms with Crippen molar-refractivity contribution in [3.05, 3.63) is 16.9 Å². The first kappa shape index (κ1) is 15.6. The van der Waals surface area contributed by atoms with Crippen LogP contribution in [0.1, 0.15) is 23.8 Å². The van der Waals surface area contributed by atoms with Crippen LogP contribution in [0.4, 0.5) is 5.88 Å². The van der Waals surface area contributed by atoms with Crippen molar-refractivity contribution in [1.29, 1.82) is 5.26 Å². The van der Waals surface area contributed by atoms with Crippen LogP contribution in [0.2, 0.25) is 0 Å². The Morgan fingerprint density at radius 3 is 2.84 bits per heavy atom. The summed E-state index contributed by atoms with van der Waals surface area (Å²) in [6.45, 7) is 6.22. The van der Waals surface area contributed by atoms with Crippen LogP contribution in [-0.2, 0) is 4.79 Å². The molecule has 0 radical (unpaired) electrons. The highest BCUT2D eigenvalue weighted by Gasteiger charge is 2.16. The number of nitriles is 1. The minimum absolute atomic E-state index is 0.167. The van der Waals surface area contributed by atoms with Crippen molar-refractivity contribution < 1.29 is 9.21 Å². The summed E-state index contributed by atoms with van der Waals surface area (Å²) in [7, 11) is 0. The van der Waals surface area contributed by atoms with Crippen molar-refractivity contribution in [2.75, 3.05) is 23.4 Å². The summed E-state index contributed by atoms with van der Waals surface area (Å²) in [5.41, 5.74) is 6.67. The number of furan rings is 1. The fourth-order valence-electron chi connectivity index (χ4n) is 1.43. The number of carbonyl (C=O) groups excluding carboxylic acids is 1. The minimum atomic E-state index is -0.167. The number of nitrogens with two attached hydrogens (primary N) is 1. The van der Waals surface area contributed by atoms with Crippen molar-refractivity contribution in [3.63, 3.8) is 0 Å². The third kappa shape index (κ3) is 4.30. The number of nitrogens with one attached hydrogen (secondary N) is 1. The standard InChI is InChI=1S/C13H19N3O2S/c1-8(4-14)6-19-7-12(17)16-13-11(5-15)9(2)10(3)18-13/h8H,4,6-7,14H2,1-3H3,(H,16,17). The van der Waals surface area contributed by atoms with E-state index in [2.05, 4.69) is 5.32 Å². The number of nitrogens with zero attached hydrogens (tertiary/aromatic N) is 1. The fourth-order valence-corrected chi connectivity index (χ4v) is 2.35. The lowest BCUT2D eigenvalue weighted by atomic mass is 10.2. The maximum Gasteiger partial charge on any atom is 0.236 e. The molecule has 0 aliphatic rings. The molecule has 3 N–H and O–H groups in total. The quantitative estimate of drug-likeness (QED) is 0.832. The molecular formula is C13H19N3O2S. The van der Waals surface area contributed by atoms with Gasteiger partial charge in [0.2, 0.25) is 11.8 Å². The van der Waals surface area contributed by atoms with Gasteiger partial charge < -0.3 is 10.2 Å². The Balaban J connectivity index is 2.54. The molecular weight excluding hydrogens is 262 g/mol. The van der Waals surface area contributed by atoms with Crippen LogP contribution in [0.5, 0.6) is 0 Å². The summed E-state index contributed by atoms with van der Waals surface area (Å²) in [6.07, 6.45) is 0. The molecule has 1 aromatic heterocycles. The Morgan fingerprint density at radius 2 is 2.26 bits per heavy atom. The summed E-state index contributed by atoms with van der Waals surface area (Å²) >= 11 is 1.52. The molecule has 0 saturated heterocycles. The van der Waals surface area contributed by atoms with Gasteiger partial charge in [0.05, 0.1) is 5.75 Å². The van der Waals surface area contributed by atoms with Gasteiger partial charge in [-0.3, -0.25) is 10.1 Å². The van der Waals surface area contributed by atoms with Gasteiger partial charge in [0.15, 0.2) is 0 Å². The zero-order valence-corrected chi connectivity index (χ0v) is 12.3. The molecule has 1 atom stereocenters. The van der Waals surface area contributed by atoms with E-state index >= 15 is 0 Å². The first-order valence-corrected chi connectivity index (χ1v) is 7.22. The average Bonchev–Trinajstić information content (AvgIpc) is 2.64. The summed E-state index contributed by atoms with van der Waals surface area (Å²) in [5.74, 6) is 2.28. The Labute approximate surface area is 117 Å². The zero-order valence-electron chi connectivity index (χ0n) is 11.4. The maximum absolute atomic E-state index is 11.7. The largest absolute Gasteiger partial charge is 0.444 e. The molecule has 0 bridgehead atoms. The molecule has 0 spiro atoms. The first-order chi connectivity index (χ1) is 8.99. The molecule has 1 rings (SSSR count). The van der Waals surface area contributed by atoms with Crippen molar-refractivity contribution in [2.45, 2.75) is 20.8 Å². The van der Waals surface area contributed by atoms with Crippen LogP contribution >= 0.6 is 11.8 Å². The maximum atomic E-state index is 11.7. The monoisotopic (exact) mass is 281 g/mol. The van der Waals surface area contributed by atoms with E-state index in [1.807, 2.05) is 13.0 Å². The third-order valence-electron chi connectivity index (χ3n) is 2.79. The second-order valence-electron chi connectivity index (χ2n) is 4.50. The lowest BCUT2D eigenvalue weighted by molar-refractivity contribution is -0.113. The highest BCUT2D eigenvalue weighted by atomic mass is 32.2. The fraction of sp³-hybridized carbons (Fsp3) is 0.538. The van der Waals surface area contributed by atoms with Crippen LogP contribution in [0.3, 0.4) is 0 Å². The van der Waals surface area contributed by atoms with E-state index in [1.54, 1.807) is 13.8 Å². The lowest BCUT2D eigenvalue weighted by Gasteiger charge is -2.07. The highest BCUT2D eigenvalue weighted by Crippen LogP contribution is 2.25. The van der Waals surface area contributed by atoms with Gasteiger partial charge in [-0.2, -0.15) is 17.0 Å². The summed E-state index contributed by atoms with van der Waals surface area (Å²) < 4.78 is 5.37. The van der Waals surface area contributed by atoms with E-state index in [9.17, 15) is 4.79 Å². The van der Waals surface area contributed by atoms with Crippen LogP contribution in [-0.4, -0.2) is 24.0 Å². The molecule has 1 heterocycles. The van der Waals surface area contributed by atoms with Gasteiger partial charge in [-0.25, -0.2) is 0 Å². The number of anilines is 1. The third-order valence-corrected chi connectivity index (χ3v) is 4.06. The van der Waals surface area contributed by atoms with E-state index in [0.717, 1.165) is 11.3 Å². The normalized spacial score (nSPS) is 11.9. The number of thioether (sulfide) groups is 1. The Bertz CT molecular complexity index is 491. The number of rotatable bonds is 6. The number of carbonyl (C=O) groups is 1. The molecule has 0 aliphatic carbocycles. The number of hydrogen-bond donors (Lipinski definition) is 2. The predicted molar refractivity (Wildman–Crippen MR) is 77.1 cm³/mol. The number of aryl methyl sites for hydroxylation is 1. The van der Waals surface area contributed by atoms with E-state index in [1.165, 1.54) is 11.8 Å². The van der Waals surface area contributed by atoms with Gasteiger partial charge in [-0.05, 0) is 32.1 Å². The highest BCUT2D eigenvalue weighted by molar-refractivity contribution is 7.99. The molecule has 1 unspecified atom stereocenters. The van der Waals surface area contributed by atoms with Gasteiger partial charge >= 0.3 is 0 Å². The van der Waals surface area contributed by atoms with E-state index in [0.29, 0.717) is 29.5 Å². The molecule has 1 amide bonds. The predicted octanol–water partition coefficient (Wildman–Crippen LogP) is 2.03. The molecule has 19 heavy (non-hydrogen) atoms. The van der Waals surface area contributed by atoms with Crippen LogP contribution in [0, 0.1) is 31.1 Å². The molecule has 5 nitrogen and oxygen atoms in total. The van der Waals surface area contributed by atoms with E-state index in [-0.39, 0.29) is 11.8 Å². The van der Waals surface area contributed by atoms with Crippen molar-refractivity contribution in [3.8, 4) is 6.07 Å². The SMILES string of the molecule is Cc1oc(NC(=O)CSCC(C)CN)c(C#N)c1C. The smallest absolute Gasteiger partial charge is 0.236 e. The van der Waals surface area contributed by atoms with E-state index in [4.69, 9.17) is 15.4 Å². The van der Waals surface area contributed by atoms with Crippen LogP contribution < -0.4 is 11.1 Å². The van der Waals surface area contributed by atoms with Gasteiger partial charge in [0.1, 0.15) is 17.4 Å². The second-order valence-corrected chi connectivity index (χ2v) is 5.53. The lowest BCUT2D eigenvalue weighted by Crippen LogP contribution is -2.17. The molecule has 104 valence electrons. The van der Waals surface area contributed by atoms with Crippen molar-refractivity contribution >= 4 is 23.6 Å². The molecule has 0 aliphatic heterocycles. The summed E-state index contributed by atoms with van der Waals surface area (Å²) in [6, 6.07) is 2.04. The molecule has 0 saturated carbocycles. The van der Waals surface area contributed by atoms with Gasteiger partial charge in [-0.1, -0.05) is 6.92 Å². The molecule has 0 aromatic carbocycles. The van der Waals surface area contributed by atoms with Gasteiger partial charge in [0, 0.05) is 5.56 Å². The summed E-state index contributed by atoms with van der Waals surface area (Å²) in [4.78, 5) is 11.7. The van der Waals surface area contributed by atoms with Gasteiger partial charge in [-0.15, -0.1) is 0 Å². The average molecular weight is 281 g/mol. The topological polar surface area (TPSA) is 92.1 Å². The van der Waals surface area contributed by atoms with Gasteiger partial charge in [0.25, 0.3) is 0 Å². The van der Waals surface area contributed by atoms with Crippen molar-refractivity contribution in [1.82, 2.24) is 0 Å². The van der Waals surface area contributed by atoms with Crippen LogP contribution in [0.15, 0.2) is 4.42 Å². The second kappa shape index (κ2) is 7.22. The zero-order chi connectivity index (χ0) is 14.4. The van der Waals surface area contributed by atoms with Crippen LogP contribution in [0.25, 0.3) is 0 Å². The Kier molecular flexibility index (Phi) is 5.93. The number of hydrogen-bond acceptors (Lipinski definition) is 5. The Hall–Kier alpha value is -1.45. The number of amides is 1. The van der Waals surface area contributed by atoms with E-state index < -0.39 is 0 Å². The molecule has 1 aromatic rings. The molecule has 6 heteroatoms. The Morgan fingerprint density at radius 1 is 1.58 bits per heavy atom. The minimum Gasteiger partial charge on any atom is -0.444 e. The van der Waals surface area contributed by atoms with Crippen molar-refractivity contribution in [2.24, 2.45) is 11.7 Å². The molecule has 0 fully saturated rings.